The number of nitrogens with zero attached hydrogens (tertiary/aromatic N) is 1. The Kier molecular flexibility index (Phi) is 13.8. The van der Waals surface area contributed by atoms with Crippen LogP contribution in [0, 0.1) is 0 Å². The maximum Gasteiger partial charge on any atom is 0.313 e. The molecule has 3 heteroatoms. The molecule has 0 fully saturated rings. The number of hydrogen-bond acceptors (Lipinski definition) is 3. The molecule has 0 saturated heterocycles. The molecule has 0 bridgehead atoms. The molecule has 0 aliphatic carbocycles. The number of hydrogen-bond donors (Lipinski definition) is 0. The fourth-order valence-corrected chi connectivity index (χ4v) is 3.45. The standard InChI is InChI=1S/C23H39NO2/c1-3-5-6-7-8-9-10-11-12-13-14-15-16-22(23(25)26-4-2)21-17-19-24-20-18-21/h17-20,22H,3-16H2,1-2H3. The average Bonchev–Trinajstić information content (AvgIpc) is 2.66. The molecule has 1 unspecified atom stereocenters. The first kappa shape index (κ1) is 22.7. The van der Waals surface area contributed by atoms with Gasteiger partial charge in [0.2, 0.25) is 0 Å². The molecule has 148 valence electrons. The molecule has 1 atom stereocenters. The second-order valence-corrected chi connectivity index (χ2v) is 7.26. The van der Waals surface area contributed by atoms with Crippen molar-refractivity contribution in [3.63, 3.8) is 0 Å². The normalized spacial score (nSPS) is 12.1. The molecule has 0 N–H and O–H groups in total. The molecule has 0 spiro atoms. The van der Waals surface area contributed by atoms with Crippen molar-refractivity contribution < 1.29 is 9.53 Å². The smallest absolute Gasteiger partial charge is 0.313 e. The fraction of sp³-hybridized carbons (Fsp3) is 0.739. The minimum Gasteiger partial charge on any atom is -0.466 e. The molecule has 1 aromatic heterocycles. The molecule has 0 aliphatic heterocycles. The highest BCUT2D eigenvalue weighted by molar-refractivity contribution is 5.78. The molecule has 1 aromatic rings. The van der Waals surface area contributed by atoms with E-state index < -0.39 is 0 Å². The minimum absolute atomic E-state index is 0.0956. The molecule has 0 amide bonds. The summed E-state index contributed by atoms with van der Waals surface area (Å²) in [6.07, 6.45) is 20.4. The molecule has 0 saturated carbocycles. The molecule has 0 radical (unpaired) electrons. The summed E-state index contributed by atoms with van der Waals surface area (Å²) in [5, 5.41) is 0. The van der Waals surface area contributed by atoms with Crippen molar-refractivity contribution in [2.24, 2.45) is 0 Å². The van der Waals surface area contributed by atoms with E-state index in [9.17, 15) is 4.79 Å². The van der Waals surface area contributed by atoms with Gasteiger partial charge in [-0.15, -0.1) is 0 Å². The van der Waals surface area contributed by atoms with Crippen molar-refractivity contribution in [1.29, 1.82) is 0 Å². The predicted octanol–water partition coefficient (Wildman–Crippen LogP) is 6.82. The second-order valence-electron chi connectivity index (χ2n) is 7.26. The Morgan fingerprint density at radius 2 is 1.35 bits per heavy atom. The van der Waals surface area contributed by atoms with E-state index in [1.807, 2.05) is 19.1 Å². The van der Waals surface area contributed by atoms with Crippen molar-refractivity contribution in [3.8, 4) is 0 Å². The van der Waals surface area contributed by atoms with Crippen LogP contribution in [-0.4, -0.2) is 17.6 Å². The lowest BCUT2D eigenvalue weighted by Gasteiger charge is -2.15. The summed E-state index contributed by atoms with van der Waals surface area (Å²) in [7, 11) is 0. The van der Waals surface area contributed by atoms with Crippen molar-refractivity contribution >= 4 is 5.97 Å². The Morgan fingerprint density at radius 3 is 1.85 bits per heavy atom. The van der Waals surface area contributed by atoms with Crippen LogP contribution in [0.15, 0.2) is 24.5 Å². The van der Waals surface area contributed by atoms with Gasteiger partial charge in [0, 0.05) is 12.4 Å². The molecule has 26 heavy (non-hydrogen) atoms. The number of ether oxygens (including phenoxy) is 1. The van der Waals surface area contributed by atoms with Crippen molar-refractivity contribution in [2.75, 3.05) is 6.61 Å². The number of rotatable bonds is 16. The second kappa shape index (κ2) is 15.8. The first-order chi connectivity index (χ1) is 12.8. The highest BCUT2D eigenvalue weighted by Crippen LogP contribution is 2.24. The van der Waals surface area contributed by atoms with E-state index in [0.29, 0.717) is 6.61 Å². The molecule has 0 aliphatic rings. The number of unbranched alkanes of at least 4 members (excludes halogenated alkanes) is 11. The van der Waals surface area contributed by atoms with Crippen LogP contribution in [0.3, 0.4) is 0 Å². The first-order valence-corrected chi connectivity index (χ1v) is 10.9. The largest absolute Gasteiger partial charge is 0.466 e. The quantitative estimate of drug-likeness (QED) is 0.239. The van der Waals surface area contributed by atoms with Crippen LogP contribution in [0.25, 0.3) is 0 Å². The van der Waals surface area contributed by atoms with E-state index >= 15 is 0 Å². The summed E-state index contributed by atoms with van der Waals surface area (Å²) in [5.74, 6) is -0.233. The van der Waals surface area contributed by atoms with Gasteiger partial charge in [-0.3, -0.25) is 9.78 Å². The molecule has 0 aromatic carbocycles. The van der Waals surface area contributed by atoms with Crippen molar-refractivity contribution in [2.45, 2.75) is 103 Å². The fourth-order valence-electron chi connectivity index (χ4n) is 3.45. The van der Waals surface area contributed by atoms with Gasteiger partial charge in [0.25, 0.3) is 0 Å². The van der Waals surface area contributed by atoms with Crippen molar-refractivity contribution in [3.05, 3.63) is 30.1 Å². The topological polar surface area (TPSA) is 39.2 Å². The number of carbonyl (C=O) groups is 1. The van der Waals surface area contributed by atoms with Gasteiger partial charge in [-0.05, 0) is 31.0 Å². The van der Waals surface area contributed by atoms with Crippen molar-refractivity contribution in [1.82, 2.24) is 4.98 Å². The van der Waals surface area contributed by atoms with Crippen LogP contribution >= 0.6 is 0 Å². The summed E-state index contributed by atoms with van der Waals surface area (Å²) in [6, 6.07) is 3.87. The van der Waals surface area contributed by atoms with E-state index in [0.717, 1.165) is 18.4 Å². The number of esters is 1. The van der Waals surface area contributed by atoms with Gasteiger partial charge in [-0.2, -0.15) is 0 Å². The maximum atomic E-state index is 12.2. The number of aromatic nitrogens is 1. The molecule has 1 heterocycles. The zero-order valence-corrected chi connectivity index (χ0v) is 17.0. The lowest BCUT2D eigenvalue weighted by atomic mass is 9.93. The summed E-state index contributed by atoms with van der Waals surface area (Å²) < 4.78 is 5.26. The summed E-state index contributed by atoms with van der Waals surface area (Å²) >= 11 is 0. The third-order valence-corrected chi connectivity index (χ3v) is 5.03. The van der Waals surface area contributed by atoms with Crippen LogP contribution in [-0.2, 0) is 9.53 Å². The highest BCUT2D eigenvalue weighted by Gasteiger charge is 2.21. The third kappa shape index (κ3) is 10.6. The van der Waals surface area contributed by atoms with E-state index in [4.69, 9.17) is 4.74 Å². The molecular weight excluding hydrogens is 322 g/mol. The molecule has 1 rings (SSSR count). The Labute approximate surface area is 160 Å². The SMILES string of the molecule is CCCCCCCCCCCCCCC(C(=O)OCC)c1ccncc1. The number of pyridine rings is 1. The van der Waals surface area contributed by atoms with Gasteiger partial charge in [-0.25, -0.2) is 0 Å². The Balaban J connectivity index is 2.11. The van der Waals surface area contributed by atoms with Gasteiger partial charge in [0.05, 0.1) is 12.5 Å². The van der Waals surface area contributed by atoms with Gasteiger partial charge in [0.15, 0.2) is 0 Å². The zero-order valence-electron chi connectivity index (χ0n) is 17.0. The highest BCUT2D eigenvalue weighted by atomic mass is 16.5. The molecular formula is C23H39NO2. The lowest BCUT2D eigenvalue weighted by Crippen LogP contribution is -2.16. The Hall–Kier alpha value is -1.38. The third-order valence-electron chi connectivity index (χ3n) is 5.03. The van der Waals surface area contributed by atoms with Gasteiger partial charge in [-0.1, -0.05) is 84.0 Å². The lowest BCUT2D eigenvalue weighted by molar-refractivity contribution is -0.145. The monoisotopic (exact) mass is 361 g/mol. The summed E-state index contributed by atoms with van der Waals surface area (Å²) in [6.45, 7) is 4.58. The minimum atomic E-state index is -0.138. The Morgan fingerprint density at radius 1 is 0.846 bits per heavy atom. The van der Waals surface area contributed by atoms with E-state index in [2.05, 4.69) is 11.9 Å². The van der Waals surface area contributed by atoms with Crippen LogP contribution < -0.4 is 0 Å². The zero-order chi connectivity index (χ0) is 18.9. The van der Waals surface area contributed by atoms with Gasteiger partial charge in [0.1, 0.15) is 0 Å². The summed E-state index contributed by atoms with van der Waals surface area (Å²) in [4.78, 5) is 16.3. The first-order valence-electron chi connectivity index (χ1n) is 10.9. The van der Waals surface area contributed by atoms with Crippen LogP contribution in [0.1, 0.15) is 109 Å². The van der Waals surface area contributed by atoms with Gasteiger partial charge >= 0.3 is 5.97 Å². The van der Waals surface area contributed by atoms with E-state index in [1.54, 1.807) is 12.4 Å². The number of carbonyl (C=O) groups excluding carboxylic acids is 1. The van der Waals surface area contributed by atoms with E-state index in [-0.39, 0.29) is 11.9 Å². The van der Waals surface area contributed by atoms with Crippen LogP contribution in [0.2, 0.25) is 0 Å². The predicted molar refractivity (Wildman–Crippen MR) is 109 cm³/mol. The van der Waals surface area contributed by atoms with Gasteiger partial charge < -0.3 is 4.74 Å². The molecule has 3 nitrogen and oxygen atoms in total. The van der Waals surface area contributed by atoms with E-state index in [1.165, 1.54) is 70.6 Å². The summed E-state index contributed by atoms with van der Waals surface area (Å²) in [5.41, 5.74) is 1.03. The average molecular weight is 362 g/mol. The van der Waals surface area contributed by atoms with Crippen LogP contribution in [0.4, 0.5) is 0 Å². The Bertz CT molecular complexity index is 447. The van der Waals surface area contributed by atoms with Crippen LogP contribution in [0.5, 0.6) is 0 Å². The maximum absolute atomic E-state index is 12.2.